The van der Waals surface area contributed by atoms with Gasteiger partial charge >= 0.3 is 11.9 Å². The average molecular weight is 511 g/mol. The molecule has 0 aliphatic carbocycles. The van der Waals surface area contributed by atoms with Crippen LogP contribution in [0.1, 0.15) is 175 Å². The molecule has 0 spiro atoms. The summed E-state index contributed by atoms with van der Waals surface area (Å²) in [7, 11) is 0. The Balaban J connectivity index is 3.92. The summed E-state index contributed by atoms with van der Waals surface area (Å²) in [4.78, 5) is 25.6. The van der Waals surface area contributed by atoms with Crippen molar-refractivity contribution in [3.63, 3.8) is 0 Å². The number of rotatable bonds is 27. The van der Waals surface area contributed by atoms with E-state index in [4.69, 9.17) is 9.47 Å². The van der Waals surface area contributed by atoms with Crippen LogP contribution in [0.2, 0.25) is 0 Å². The Bertz CT molecular complexity index is 498. The Morgan fingerprint density at radius 2 is 0.667 bits per heavy atom. The van der Waals surface area contributed by atoms with Crippen LogP contribution in [-0.4, -0.2) is 25.2 Å². The van der Waals surface area contributed by atoms with Crippen LogP contribution in [-0.2, 0) is 19.1 Å². The second-order valence-electron chi connectivity index (χ2n) is 10.8. The third-order valence-corrected chi connectivity index (χ3v) is 7.70. The molecule has 214 valence electrons. The second kappa shape index (κ2) is 25.6. The summed E-state index contributed by atoms with van der Waals surface area (Å²) in [5.41, 5.74) is -1.14. The first-order valence-electron chi connectivity index (χ1n) is 15.9. The van der Waals surface area contributed by atoms with E-state index in [-0.39, 0.29) is 0 Å². The van der Waals surface area contributed by atoms with Gasteiger partial charge in [0.15, 0.2) is 5.41 Å². The molecule has 0 fully saturated rings. The van der Waals surface area contributed by atoms with E-state index >= 15 is 0 Å². The van der Waals surface area contributed by atoms with Crippen LogP contribution in [0.5, 0.6) is 0 Å². The second-order valence-corrected chi connectivity index (χ2v) is 10.8. The van der Waals surface area contributed by atoms with Crippen molar-refractivity contribution in [3.8, 4) is 0 Å². The molecule has 0 N–H and O–H groups in total. The largest absolute Gasteiger partial charge is 0.465 e. The summed E-state index contributed by atoms with van der Waals surface area (Å²) in [6.07, 6.45) is 27.2. The lowest BCUT2D eigenvalue weighted by atomic mass is 9.82. The van der Waals surface area contributed by atoms with E-state index in [9.17, 15) is 9.59 Å². The molecule has 0 unspecified atom stereocenters. The quantitative estimate of drug-likeness (QED) is 0.0626. The fourth-order valence-electron chi connectivity index (χ4n) is 4.87. The predicted octanol–water partition coefficient (Wildman–Crippen LogP) is 10.1. The first-order valence-corrected chi connectivity index (χ1v) is 15.9. The minimum atomic E-state index is -1.14. The van der Waals surface area contributed by atoms with Gasteiger partial charge in [-0.1, -0.05) is 150 Å². The molecule has 0 saturated heterocycles. The lowest BCUT2D eigenvalue weighted by Gasteiger charge is -2.27. The molecule has 0 heterocycles. The van der Waals surface area contributed by atoms with Gasteiger partial charge in [0.2, 0.25) is 0 Å². The van der Waals surface area contributed by atoms with Crippen molar-refractivity contribution < 1.29 is 19.1 Å². The highest BCUT2D eigenvalue weighted by molar-refractivity contribution is 5.99. The number of hydrogen-bond acceptors (Lipinski definition) is 4. The molecule has 0 atom stereocenters. The number of unbranched alkanes of at least 4 members (excludes halogenated alkanes) is 19. The summed E-state index contributed by atoms with van der Waals surface area (Å²) < 4.78 is 11.1. The highest BCUT2D eigenvalue weighted by Gasteiger charge is 2.45. The van der Waals surface area contributed by atoms with E-state index in [0.717, 1.165) is 25.7 Å². The molecule has 36 heavy (non-hydrogen) atoms. The fraction of sp³-hybridized carbons (Fsp3) is 0.938. The summed E-state index contributed by atoms with van der Waals surface area (Å²) >= 11 is 0. The van der Waals surface area contributed by atoms with Crippen LogP contribution in [0.15, 0.2) is 0 Å². The number of ether oxygens (including phenoxy) is 2. The van der Waals surface area contributed by atoms with Gasteiger partial charge in [-0.25, -0.2) is 0 Å². The first kappa shape index (κ1) is 34.9. The molecular formula is C32H62O4. The smallest absolute Gasteiger partial charge is 0.323 e. The zero-order chi connectivity index (χ0) is 26.7. The highest BCUT2D eigenvalue weighted by Crippen LogP contribution is 2.30. The predicted molar refractivity (Wildman–Crippen MR) is 153 cm³/mol. The maximum atomic E-state index is 12.8. The van der Waals surface area contributed by atoms with Crippen molar-refractivity contribution in [2.24, 2.45) is 5.41 Å². The van der Waals surface area contributed by atoms with Gasteiger partial charge in [0.25, 0.3) is 0 Å². The monoisotopic (exact) mass is 510 g/mol. The highest BCUT2D eigenvalue weighted by atomic mass is 16.6. The SMILES string of the molecule is CCCCCCCCCCCCCCOC(=O)C(CC)(CC)C(=O)OCCCCCCCCCCC. The lowest BCUT2D eigenvalue weighted by Crippen LogP contribution is -2.41. The molecule has 0 aliphatic rings. The van der Waals surface area contributed by atoms with Crippen LogP contribution < -0.4 is 0 Å². The van der Waals surface area contributed by atoms with Crippen molar-refractivity contribution >= 4 is 11.9 Å². The van der Waals surface area contributed by atoms with Gasteiger partial charge in [-0.15, -0.1) is 0 Å². The van der Waals surface area contributed by atoms with Crippen molar-refractivity contribution in [2.75, 3.05) is 13.2 Å². The minimum Gasteiger partial charge on any atom is -0.465 e. The van der Waals surface area contributed by atoms with Gasteiger partial charge in [0.05, 0.1) is 13.2 Å². The summed E-state index contributed by atoms with van der Waals surface area (Å²) in [6, 6.07) is 0. The van der Waals surface area contributed by atoms with E-state index in [1.807, 2.05) is 13.8 Å². The number of carbonyl (C=O) groups excluding carboxylic acids is 2. The average Bonchev–Trinajstić information content (AvgIpc) is 2.89. The van der Waals surface area contributed by atoms with Crippen LogP contribution in [0.4, 0.5) is 0 Å². The number of esters is 2. The standard InChI is InChI=1S/C32H62O4/c1-5-9-11-13-15-17-18-19-21-23-25-27-29-36-31(34)32(7-3,8-4)30(33)35-28-26-24-22-20-16-14-12-10-6-2/h5-29H2,1-4H3. The van der Waals surface area contributed by atoms with Crippen molar-refractivity contribution in [2.45, 2.75) is 175 Å². The zero-order valence-corrected chi connectivity index (χ0v) is 24.8. The molecule has 0 radical (unpaired) electrons. The van der Waals surface area contributed by atoms with E-state index in [0.29, 0.717) is 26.1 Å². The third-order valence-electron chi connectivity index (χ3n) is 7.70. The van der Waals surface area contributed by atoms with Gasteiger partial charge in [-0.3, -0.25) is 9.59 Å². The molecule has 0 aromatic rings. The van der Waals surface area contributed by atoms with Gasteiger partial charge in [0.1, 0.15) is 0 Å². The van der Waals surface area contributed by atoms with E-state index in [2.05, 4.69) is 13.8 Å². The Morgan fingerprint density at radius 3 is 0.917 bits per heavy atom. The van der Waals surface area contributed by atoms with Crippen molar-refractivity contribution in [3.05, 3.63) is 0 Å². The Morgan fingerprint density at radius 1 is 0.417 bits per heavy atom. The molecule has 0 rings (SSSR count). The van der Waals surface area contributed by atoms with Crippen LogP contribution in [0.3, 0.4) is 0 Å². The molecule has 0 bridgehead atoms. The van der Waals surface area contributed by atoms with Gasteiger partial charge < -0.3 is 9.47 Å². The van der Waals surface area contributed by atoms with E-state index < -0.39 is 17.4 Å². The number of carbonyl (C=O) groups is 2. The Labute approximate surface area is 225 Å². The van der Waals surface area contributed by atoms with Crippen molar-refractivity contribution in [1.82, 2.24) is 0 Å². The topological polar surface area (TPSA) is 52.6 Å². The van der Waals surface area contributed by atoms with E-state index in [1.54, 1.807) is 0 Å². The summed E-state index contributed by atoms with van der Waals surface area (Å²) in [5.74, 6) is -0.792. The van der Waals surface area contributed by atoms with Crippen LogP contribution in [0.25, 0.3) is 0 Å². The molecule has 4 nitrogen and oxygen atoms in total. The lowest BCUT2D eigenvalue weighted by molar-refractivity contribution is -0.173. The summed E-state index contributed by atoms with van der Waals surface area (Å²) in [5, 5.41) is 0. The van der Waals surface area contributed by atoms with Gasteiger partial charge in [-0.05, 0) is 25.7 Å². The third kappa shape index (κ3) is 17.4. The first-order chi connectivity index (χ1) is 17.6. The van der Waals surface area contributed by atoms with E-state index in [1.165, 1.54) is 109 Å². The summed E-state index contributed by atoms with van der Waals surface area (Å²) in [6.45, 7) is 9.08. The molecular weight excluding hydrogens is 448 g/mol. The number of hydrogen-bond donors (Lipinski definition) is 0. The normalized spacial score (nSPS) is 11.6. The van der Waals surface area contributed by atoms with Gasteiger partial charge in [-0.2, -0.15) is 0 Å². The Hall–Kier alpha value is -1.06. The van der Waals surface area contributed by atoms with Gasteiger partial charge in [0, 0.05) is 0 Å². The van der Waals surface area contributed by atoms with Crippen LogP contribution in [0, 0.1) is 5.41 Å². The van der Waals surface area contributed by atoms with Crippen LogP contribution >= 0.6 is 0 Å². The maximum absolute atomic E-state index is 12.8. The molecule has 0 amide bonds. The Kier molecular flexibility index (Phi) is 24.8. The minimum absolute atomic E-state index is 0.396. The molecule has 0 saturated carbocycles. The maximum Gasteiger partial charge on any atom is 0.323 e. The molecule has 0 aromatic carbocycles. The zero-order valence-electron chi connectivity index (χ0n) is 24.8. The molecule has 0 aliphatic heterocycles. The fourth-order valence-corrected chi connectivity index (χ4v) is 4.87. The molecule has 4 heteroatoms. The van der Waals surface area contributed by atoms with Crippen molar-refractivity contribution in [1.29, 1.82) is 0 Å². The molecule has 0 aromatic heterocycles.